The molecule has 0 atom stereocenters. The summed E-state index contributed by atoms with van der Waals surface area (Å²) in [4.78, 5) is 15.4. The van der Waals surface area contributed by atoms with Crippen molar-refractivity contribution < 1.29 is 24.5 Å². The Bertz CT molecular complexity index is 1080. The highest BCUT2D eigenvalue weighted by atomic mass is 16.5. The van der Waals surface area contributed by atoms with Crippen molar-refractivity contribution in [1.82, 2.24) is 10.2 Å². The first kappa shape index (κ1) is 20.1. The third kappa shape index (κ3) is 4.05. The minimum atomic E-state index is -0.639. The van der Waals surface area contributed by atoms with Crippen LogP contribution in [0.2, 0.25) is 0 Å². The zero-order valence-electron chi connectivity index (χ0n) is 16.4. The molecule has 1 fully saturated rings. The van der Waals surface area contributed by atoms with Gasteiger partial charge in [0, 0.05) is 38.3 Å². The van der Waals surface area contributed by atoms with Crippen LogP contribution in [0.3, 0.4) is 0 Å². The van der Waals surface area contributed by atoms with Gasteiger partial charge in [-0.15, -0.1) is 0 Å². The number of hydrogen-bond donors (Lipinski definition) is 4. The van der Waals surface area contributed by atoms with Crippen LogP contribution >= 0.6 is 0 Å². The lowest BCUT2D eigenvalue weighted by molar-refractivity contribution is 0.212. The Balaban J connectivity index is 1.65. The second-order valence-electron chi connectivity index (χ2n) is 7.24. The molecule has 0 bridgehead atoms. The highest BCUT2D eigenvalue weighted by Gasteiger charge is 2.20. The van der Waals surface area contributed by atoms with E-state index in [2.05, 4.69) is 10.2 Å². The number of piperazine rings is 1. The van der Waals surface area contributed by atoms with Gasteiger partial charge in [0.05, 0.1) is 12.0 Å². The number of phenolic OH excluding ortho intramolecular Hbond substituents is 3. The van der Waals surface area contributed by atoms with Gasteiger partial charge in [0.1, 0.15) is 5.58 Å². The molecule has 1 aromatic heterocycles. The number of nitrogens with one attached hydrogen (secondary N) is 1. The smallest absolute Gasteiger partial charge is 0.235 e. The molecule has 0 spiro atoms. The number of rotatable bonds is 6. The van der Waals surface area contributed by atoms with Crippen LogP contribution in [0.5, 0.6) is 23.0 Å². The zero-order valence-corrected chi connectivity index (χ0v) is 16.4. The topological polar surface area (TPSA) is 115 Å². The van der Waals surface area contributed by atoms with E-state index in [0.29, 0.717) is 17.6 Å². The summed E-state index contributed by atoms with van der Waals surface area (Å²) in [7, 11) is 0. The first-order chi connectivity index (χ1) is 14.5. The minimum Gasteiger partial charge on any atom is -0.504 e. The molecule has 2 aromatic carbocycles. The summed E-state index contributed by atoms with van der Waals surface area (Å²) in [5.41, 5.74) is 0.251. The van der Waals surface area contributed by atoms with Crippen LogP contribution < -0.4 is 15.5 Å². The molecule has 0 aliphatic carbocycles. The number of ether oxygens (including phenoxy) is 1. The Kier molecular flexibility index (Phi) is 5.78. The van der Waals surface area contributed by atoms with Gasteiger partial charge in [0.15, 0.2) is 23.0 Å². The minimum absolute atomic E-state index is 0.0125. The van der Waals surface area contributed by atoms with E-state index in [1.165, 1.54) is 12.1 Å². The summed E-state index contributed by atoms with van der Waals surface area (Å²) >= 11 is 0. The molecule has 8 heteroatoms. The lowest BCUT2D eigenvalue weighted by atomic mass is 10.1. The summed E-state index contributed by atoms with van der Waals surface area (Å²) < 4.78 is 11.8. The van der Waals surface area contributed by atoms with Crippen LogP contribution in [0.4, 0.5) is 0 Å². The summed E-state index contributed by atoms with van der Waals surface area (Å²) in [6.07, 6.45) is 0.734. The Morgan fingerprint density at radius 1 is 1.07 bits per heavy atom. The summed E-state index contributed by atoms with van der Waals surface area (Å²) in [6, 6.07) is 9.24. The maximum Gasteiger partial charge on any atom is 0.235 e. The average molecular weight is 412 g/mol. The van der Waals surface area contributed by atoms with Crippen molar-refractivity contribution in [1.29, 1.82) is 0 Å². The summed E-state index contributed by atoms with van der Waals surface area (Å²) in [5, 5.41) is 33.1. The molecule has 2 heterocycles. The first-order valence-corrected chi connectivity index (χ1v) is 9.91. The van der Waals surface area contributed by atoms with Crippen LogP contribution in [-0.2, 0) is 0 Å². The van der Waals surface area contributed by atoms with Gasteiger partial charge < -0.3 is 34.7 Å². The molecule has 3 aromatic rings. The lowest BCUT2D eigenvalue weighted by Crippen LogP contribution is -2.44. The normalized spacial score (nSPS) is 14.8. The van der Waals surface area contributed by atoms with Crippen molar-refractivity contribution in [2.75, 3.05) is 39.3 Å². The Morgan fingerprint density at radius 2 is 1.77 bits per heavy atom. The summed E-state index contributed by atoms with van der Waals surface area (Å²) in [5.74, 6) is -1.58. The van der Waals surface area contributed by atoms with E-state index in [9.17, 15) is 20.1 Å². The molecule has 158 valence electrons. The predicted molar refractivity (Wildman–Crippen MR) is 112 cm³/mol. The molecule has 0 unspecified atom stereocenters. The van der Waals surface area contributed by atoms with E-state index in [1.807, 2.05) is 0 Å². The SMILES string of the molecule is O=c1c(OCCCN2CCNCC2)c(-c2cc(O)c(O)c(O)c2)oc2ccccc12. The first-order valence-electron chi connectivity index (χ1n) is 9.91. The fourth-order valence-electron chi connectivity index (χ4n) is 3.58. The molecule has 1 aliphatic rings. The monoisotopic (exact) mass is 412 g/mol. The molecule has 1 saturated heterocycles. The molecule has 0 amide bonds. The maximum absolute atomic E-state index is 13.1. The molecular formula is C22H24N2O6. The maximum atomic E-state index is 13.1. The number of aromatic hydroxyl groups is 3. The van der Waals surface area contributed by atoms with E-state index < -0.39 is 17.2 Å². The molecule has 0 saturated carbocycles. The molecule has 4 N–H and O–H groups in total. The third-order valence-corrected chi connectivity index (χ3v) is 5.16. The van der Waals surface area contributed by atoms with E-state index in [0.717, 1.165) is 39.1 Å². The van der Waals surface area contributed by atoms with Crippen LogP contribution in [0.25, 0.3) is 22.3 Å². The van der Waals surface area contributed by atoms with Crippen LogP contribution in [0.15, 0.2) is 45.6 Å². The van der Waals surface area contributed by atoms with Crippen LogP contribution in [0.1, 0.15) is 6.42 Å². The number of para-hydroxylation sites is 1. The van der Waals surface area contributed by atoms with Crippen LogP contribution in [0, 0.1) is 0 Å². The van der Waals surface area contributed by atoms with Crippen molar-refractivity contribution in [3.63, 3.8) is 0 Å². The van der Waals surface area contributed by atoms with Gasteiger partial charge in [-0.1, -0.05) is 12.1 Å². The van der Waals surface area contributed by atoms with Gasteiger partial charge in [-0.2, -0.15) is 0 Å². The molecule has 1 aliphatic heterocycles. The standard InChI is InChI=1S/C22H24N2O6/c25-16-12-14(13-17(26)20(16)28)21-22(19(27)15-4-1-2-5-18(15)30-21)29-11-3-8-24-9-6-23-7-10-24/h1-2,4-5,12-13,23,25-26,28H,3,6-11H2. The summed E-state index contributed by atoms with van der Waals surface area (Å²) in [6.45, 7) is 5.07. The van der Waals surface area contributed by atoms with Crippen molar-refractivity contribution in [3.05, 3.63) is 46.6 Å². The number of phenols is 3. The fraction of sp³-hybridized carbons (Fsp3) is 0.318. The number of benzene rings is 2. The second kappa shape index (κ2) is 8.64. The number of fused-ring (bicyclic) bond motifs is 1. The molecule has 4 rings (SSSR count). The quantitative estimate of drug-likeness (QED) is 0.360. The molecule has 30 heavy (non-hydrogen) atoms. The van der Waals surface area contributed by atoms with Gasteiger partial charge in [-0.3, -0.25) is 4.79 Å². The van der Waals surface area contributed by atoms with E-state index in [1.54, 1.807) is 24.3 Å². The van der Waals surface area contributed by atoms with Gasteiger partial charge in [-0.25, -0.2) is 0 Å². The van der Waals surface area contributed by atoms with E-state index in [-0.39, 0.29) is 22.5 Å². The Hall–Kier alpha value is -3.23. The number of hydrogen-bond acceptors (Lipinski definition) is 8. The van der Waals surface area contributed by atoms with Crippen molar-refractivity contribution in [2.24, 2.45) is 0 Å². The van der Waals surface area contributed by atoms with Gasteiger partial charge in [0.25, 0.3) is 0 Å². The average Bonchev–Trinajstić information content (AvgIpc) is 2.76. The lowest BCUT2D eigenvalue weighted by Gasteiger charge is -2.27. The number of nitrogens with zero attached hydrogens (tertiary/aromatic N) is 1. The van der Waals surface area contributed by atoms with Crippen molar-refractivity contribution >= 4 is 11.0 Å². The largest absolute Gasteiger partial charge is 0.504 e. The van der Waals surface area contributed by atoms with E-state index >= 15 is 0 Å². The molecule has 8 nitrogen and oxygen atoms in total. The predicted octanol–water partition coefficient (Wildman–Crippen LogP) is 2.25. The Morgan fingerprint density at radius 3 is 2.50 bits per heavy atom. The van der Waals surface area contributed by atoms with Gasteiger partial charge in [0.2, 0.25) is 11.2 Å². The highest BCUT2D eigenvalue weighted by Crippen LogP contribution is 2.41. The highest BCUT2D eigenvalue weighted by molar-refractivity contribution is 5.82. The molecular weight excluding hydrogens is 388 g/mol. The second-order valence-corrected chi connectivity index (χ2v) is 7.24. The van der Waals surface area contributed by atoms with Crippen molar-refractivity contribution in [3.8, 4) is 34.3 Å². The fourth-order valence-corrected chi connectivity index (χ4v) is 3.58. The Labute approximate surface area is 172 Å². The van der Waals surface area contributed by atoms with Crippen molar-refractivity contribution in [2.45, 2.75) is 6.42 Å². The third-order valence-electron chi connectivity index (χ3n) is 5.16. The molecule has 0 radical (unpaired) electrons. The van der Waals surface area contributed by atoms with Gasteiger partial charge in [-0.05, 0) is 30.7 Å². The van der Waals surface area contributed by atoms with E-state index in [4.69, 9.17) is 9.15 Å². The zero-order chi connectivity index (χ0) is 21.1. The van der Waals surface area contributed by atoms with Crippen LogP contribution in [-0.4, -0.2) is 59.6 Å². The van der Waals surface area contributed by atoms with Gasteiger partial charge >= 0.3 is 0 Å².